The SMILES string of the molecule is COc1cc2[nH]c(=S)n(CCNC(=O)c3n[nH]c4ccccc34)c(=N)c2cc1OC. The first-order valence-electron chi connectivity index (χ1n) is 9.18. The van der Waals surface area contributed by atoms with Crippen molar-refractivity contribution < 1.29 is 14.3 Å². The first kappa shape index (κ1) is 19.6. The molecule has 0 atom stereocenters. The second kappa shape index (κ2) is 7.99. The molecule has 0 saturated carbocycles. The zero-order valence-electron chi connectivity index (χ0n) is 16.4. The summed E-state index contributed by atoms with van der Waals surface area (Å²) < 4.78 is 12.6. The number of benzene rings is 2. The summed E-state index contributed by atoms with van der Waals surface area (Å²) in [5.74, 6) is 0.780. The van der Waals surface area contributed by atoms with Crippen LogP contribution in [0.1, 0.15) is 10.5 Å². The number of H-pyrrole nitrogens is 2. The number of nitrogens with zero attached hydrogens (tertiary/aromatic N) is 2. The van der Waals surface area contributed by atoms with Gasteiger partial charge in [-0.1, -0.05) is 18.2 Å². The first-order chi connectivity index (χ1) is 14.5. The molecule has 1 amide bonds. The molecule has 0 aliphatic carbocycles. The zero-order valence-corrected chi connectivity index (χ0v) is 17.2. The van der Waals surface area contributed by atoms with Crippen LogP contribution in [-0.4, -0.2) is 46.4 Å². The molecule has 2 heterocycles. The fraction of sp³-hybridized carbons (Fsp3) is 0.200. The third kappa shape index (κ3) is 3.41. The first-order valence-corrected chi connectivity index (χ1v) is 9.59. The lowest BCUT2D eigenvalue weighted by Gasteiger charge is -2.13. The molecule has 4 N–H and O–H groups in total. The Balaban J connectivity index is 1.57. The summed E-state index contributed by atoms with van der Waals surface area (Å²) in [6, 6.07) is 10.9. The smallest absolute Gasteiger partial charge is 0.272 e. The van der Waals surface area contributed by atoms with Gasteiger partial charge in [-0.25, -0.2) is 0 Å². The van der Waals surface area contributed by atoms with E-state index in [1.165, 1.54) is 0 Å². The van der Waals surface area contributed by atoms with Crippen LogP contribution in [0.4, 0.5) is 0 Å². The molecular weight excluding hydrogens is 404 g/mol. The zero-order chi connectivity index (χ0) is 21.3. The number of carbonyl (C=O) groups is 1. The Morgan fingerprint density at radius 3 is 2.67 bits per heavy atom. The third-order valence-corrected chi connectivity index (χ3v) is 5.16. The van der Waals surface area contributed by atoms with Gasteiger partial charge in [-0.3, -0.25) is 15.3 Å². The number of hydrogen-bond acceptors (Lipinski definition) is 6. The van der Waals surface area contributed by atoms with Crippen LogP contribution in [0.25, 0.3) is 21.8 Å². The largest absolute Gasteiger partial charge is 0.493 e. The number of rotatable bonds is 6. The average molecular weight is 424 g/mol. The highest BCUT2D eigenvalue weighted by molar-refractivity contribution is 7.71. The summed E-state index contributed by atoms with van der Waals surface area (Å²) in [7, 11) is 3.09. The number of aromatic amines is 2. The summed E-state index contributed by atoms with van der Waals surface area (Å²) in [4.78, 5) is 15.6. The number of carbonyl (C=O) groups excluding carboxylic acids is 1. The van der Waals surface area contributed by atoms with Crippen molar-refractivity contribution in [1.29, 1.82) is 5.41 Å². The summed E-state index contributed by atoms with van der Waals surface area (Å²) in [5.41, 5.74) is 2.02. The Morgan fingerprint density at radius 1 is 1.17 bits per heavy atom. The highest BCUT2D eigenvalue weighted by Gasteiger charge is 2.14. The van der Waals surface area contributed by atoms with Gasteiger partial charge in [-0.05, 0) is 24.4 Å². The second-order valence-corrected chi connectivity index (χ2v) is 6.94. The summed E-state index contributed by atoms with van der Waals surface area (Å²) in [5, 5.41) is 19.7. The normalized spacial score (nSPS) is 11.0. The molecule has 0 unspecified atom stereocenters. The number of nitrogens with one attached hydrogen (secondary N) is 4. The molecule has 4 aromatic rings. The van der Waals surface area contributed by atoms with E-state index in [2.05, 4.69) is 20.5 Å². The molecule has 0 bridgehead atoms. The highest BCUT2D eigenvalue weighted by atomic mass is 32.1. The number of fused-ring (bicyclic) bond motifs is 2. The van der Waals surface area contributed by atoms with Crippen molar-refractivity contribution in [3.05, 3.63) is 52.4 Å². The van der Waals surface area contributed by atoms with Crippen LogP contribution in [0.2, 0.25) is 0 Å². The molecule has 0 aliphatic heterocycles. The monoisotopic (exact) mass is 424 g/mol. The predicted molar refractivity (Wildman–Crippen MR) is 115 cm³/mol. The minimum atomic E-state index is -0.290. The Labute approximate surface area is 176 Å². The molecule has 0 radical (unpaired) electrons. The van der Waals surface area contributed by atoms with Crippen LogP contribution < -0.4 is 20.3 Å². The van der Waals surface area contributed by atoms with Gasteiger partial charge >= 0.3 is 0 Å². The standard InChI is InChI=1S/C20H20N6O3S/c1-28-15-9-12-14(10-16(15)29-2)23-20(30)26(18(12)21)8-7-22-19(27)17-11-5-3-4-6-13(11)24-25-17/h3-6,9-10,21H,7-8H2,1-2H3,(H,22,27)(H,23,30)(H,24,25). The second-order valence-electron chi connectivity index (χ2n) is 6.56. The van der Waals surface area contributed by atoms with Gasteiger partial charge in [0.25, 0.3) is 5.91 Å². The predicted octanol–water partition coefficient (Wildman–Crippen LogP) is 2.50. The minimum absolute atomic E-state index is 0.217. The van der Waals surface area contributed by atoms with Crippen molar-refractivity contribution in [1.82, 2.24) is 25.1 Å². The lowest BCUT2D eigenvalue weighted by Crippen LogP contribution is -2.32. The van der Waals surface area contributed by atoms with Crippen molar-refractivity contribution in [2.45, 2.75) is 6.54 Å². The van der Waals surface area contributed by atoms with E-state index in [-0.39, 0.29) is 17.9 Å². The molecule has 0 aliphatic rings. The van der Waals surface area contributed by atoms with Crippen LogP contribution in [-0.2, 0) is 6.54 Å². The number of hydrogen-bond donors (Lipinski definition) is 4. The van der Waals surface area contributed by atoms with Crippen molar-refractivity contribution in [2.75, 3.05) is 20.8 Å². The summed E-state index contributed by atoms with van der Waals surface area (Å²) in [6.45, 7) is 0.611. The topological polar surface area (TPSA) is 121 Å². The van der Waals surface area contributed by atoms with Crippen LogP contribution in [0, 0.1) is 10.2 Å². The van der Waals surface area contributed by atoms with E-state index in [0.717, 1.165) is 10.9 Å². The fourth-order valence-corrected chi connectivity index (χ4v) is 3.62. The lowest BCUT2D eigenvalue weighted by atomic mass is 10.2. The van der Waals surface area contributed by atoms with Crippen LogP contribution >= 0.6 is 12.2 Å². The minimum Gasteiger partial charge on any atom is -0.493 e. The van der Waals surface area contributed by atoms with E-state index < -0.39 is 0 Å². The van der Waals surface area contributed by atoms with Crippen molar-refractivity contribution >= 4 is 39.9 Å². The average Bonchev–Trinajstić information content (AvgIpc) is 3.19. The fourth-order valence-electron chi connectivity index (χ4n) is 3.32. The van der Waals surface area contributed by atoms with Gasteiger partial charge in [-0.2, -0.15) is 5.10 Å². The van der Waals surface area contributed by atoms with E-state index in [4.69, 9.17) is 27.1 Å². The van der Waals surface area contributed by atoms with E-state index in [9.17, 15) is 4.79 Å². The number of para-hydroxylation sites is 1. The number of methoxy groups -OCH3 is 2. The number of aromatic nitrogens is 4. The van der Waals surface area contributed by atoms with Gasteiger partial charge in [0.2, 0.25) is 0 Å². The Hall–Kier alpha value is -3.66. The van der Waals surface area contributed by atoms with Gasteiger partial charge < -0.3 is 24.3 Å². The van der Waals surface area contributed by atoms with Gasteiger partial charge in [0, 0.05) is 29.9 Å². The maximum absolute atomic E-state index is 12.5. The summed E-state index contributed by atoms with van der Waals surface area (Å²) in [6.07, 6.45) is 0. The molecule has 30 heavy (non-hydrogen) atoms. The van der Waals surface area contributed by atoms with E-state index in [0.29, 0.717) is 39.4 Å². The molecule has 0 fully saturated rings. The van der Waals surface area contributed by atoms with E-state index in [1.807, 2.05) is 24.3 Å². The van der Waals surface area contributed by atoms with Gasteiger partial charge in [-0.15, -0.1) is 0 Å². The van der Waals surface area contributed by atoms with Crippen LogP contribution in [0.15, 0.2) is 36.4 Å². The third-order valence-electron chi connectivity index (χ3n) is 4.84. The maximum Gasteiger partial charge on any atom is 0.272 e. The highest BCUT2D eigenvalue weighted by Crippen LogP contribution is 2.29. The molecular formula is C20H20N6O3S. The van der Waals surface area contributed by atoms with Gasteiger partial charge in [0.15, 0.2) is 22.0 Å². The van der Waals surface area contributed by atoms with Crippen LogP contribution in [0.5, 0.6) is 11.5 Å². The Morgan fingerprint density at radius 2 is 1.90 bits per heavy atom. The molecule has 4 rings (SSSR count). The molecule has 10 heteroatoms. The van der Waals surface area contributed by atoms with E-state index in [1.54, 1.807) is 30.9 Å². The molecule has 0 spiro atoms. The van der Waals surface area contributed by atoms with Crippen LogP contribution in [0.3, 0.4) is 0 Å². The van der Waals surface area contributed by atoms with E-state index >= 15 is 0 Å². The van der Waals surface area contributed by atoms with Crippen molar-refractivity contribution in [3.63, 3.8) is 0 Å². The van der Waals surface area contributed by atoms with Crippen molar-refractivity contribution in [2.24, 2.45) is 0 Å². The quantitative estimate of drug-likeness (QED) is 0.355. The molecule has 2 aromatic carbocycles. The van der Waals surface area contributed by atoms with Gasteiger partial charge in [0.05, 0.1) is 25.3 Å². The Bertz CT molecular complexity index is 1370. The summed E-state index contributed by atoms with van der Waals surface area (Å²) >= 11 is 5.41. The van der Waals surface area contributed by atoms with Gasteiger partial charge in [0.1, 0.15) is 5.49 Å². The van der Waals surface area contributed by atoms with Crippen molar-refractivity contribution in [3.8, 4) is 11.5 Å². The number of ether oxygens (including phenoxy) is 2. The number of amides is 1. The lowest BCUT2D eigenvalue weighted by molar-refractivity contribution is 0.0948. The molecule has 9 nitrogen and oxygen atoms in total. The maximum atomic E-state index is 12.5. The Kier molecular flexibility index (Phi) is 5.23. The molecule has 2 aromatic heterocycles. The molecule has 154 valence electrons. The molecule has 0 saturated heterocycles.